The predicted octanol–water partition coefficient (Wildman–Crippen LogP) is 22.7. The second kappa shape index (κ2) is 67.8. The first-order valence-corrected chi connectivity index (χ1v) is 36.6. The fraction of sp³-hybridized carbons (Fsp3) is 0.959. The molecule has 4 atom stereocenters. The highest BCUT2D eigenvalue weighted by atomic mass is 16.3. The summed E-state index contributed by atoms with van der Waals surface area (Å²) >= 11 is 0. The molecule has 0 bridgehead atoms. The molecule has 0 aliphatic rings. The summed E-state index contributed by atoms with van der Waals surface area (Å²) in [6.07, 6.45) is 85.0. The van der Waals surface area contributed by atoms with Crippen LogP contribution in [0.1, 0.15) is 418 Å². The van der Waals surface area contributed by atoms with Crippen molar-refractivity contribution in [1.82, 2.24) is 5.32 Å². The van der Waals surface area contributed by atoms with E-state index in [0.29, 0.717) is 12.8 Å². The summed E-state index contributed by atoms with van der Waals surface area (Å²) < 4.78 is 0. The van der Waals surface area contributed by atoms with Gasteiger partial charge < -0.3 is 25.7 Å². The molecule has 0 saturated carbocycles. The molecule has 0 fully saturated rings. The lowest BCUT2D eigenvalue weighted by atomic mass is 9.99. The summed E-state index contributed by atoms with van der Waals surface area (Å²) in [5, 5.41) is 44.3. The minimum Gasteiger partial charge on any atom is -0.394 e. The van der Waals surface area contributed by atoms with Crippen LogP contribution in [-0.4, -0.2) is 57.3 Å². The van der Waals surface area contributed by atoms with Gasteiger partial charge in [-0.05, 0) is 38.5 Å². The van der Waals surface area contributed by atoms with E-state index in [-0.39, 0.29) is 0 Å². The van der Waals surface area contributed by atoms with E-state index in [1.165, 1.54) is 353 Å². The van der Waals surface area contributed by atoms with Crippen LogP contribution in [0.2, 0.25) is 0 Å². The number of amides is 1. The molecule has 0 rings (SSSR count). The maximum Gasteiger partial charge on any atom is 0.249 e. The van der Waals surface area contributed by atoms with Crippen molar-refractivity contribution in [1.29, 1.82) is 0 Å². The molecule has 5 N–H and O–H groups in total. The summed E-state index contributed by atoms with van der Waals surface area (Å²) in [6, 6.07) is -0.984. The zero-order valence-electron chi connectivity index (χ0n) is 53.9. The largest absolute Gasteiger partial charge is 0.394 e. The van der Waals surface area contributed by atoms with Crippen LogP contribution in [0.3, 0.4) is 0 Å². The molecule has 0 radical (unpaired) electrons. The van der Waals surface area contributed by atoms with Crippen LogP contribution in [0.4, 0.5) is 0 Å². The van der Waals surface area contributed by atoms with Gasteiger partial charge in [0.25, 0.3) is 0 Å². The van der Waals surface area contributed by atoms with Crippen molar-refractivity contribution in [2.24, 2.45) is 0 Å². The molecule has 6 nitrogen and oxygen atoms in total. The number of allylic oxidation sites excluding steroid dienone is 2. The normalized spacial score (nSPS) is 13.4. The molecule has 4 unspecified atom stereocenters. The highest BCUT2D eigenvalue weighted by Crippen LogP contribution is 2.20. The van der Waals surface area contributed by atoms with E-state index in [0.717, 1.165) is 38.5 Å². The Morgan fingerprint density at radius 1 is 0.304 bits per heavy atom. The van der Waals surface area contributed by atoms with E-state index in [9.17, 15) is 25.2 Å². The Labute approximate surface area is 495 Å². The van der Waals surface area contributed by atoms with Gasteiger partial charge in [-0.1, -0.05) is 392 Å². The molecule has 0 saturated heterocycles. The van der Waals surface area contributed by atoms with Gasteiger partial charge in [0.15, 0.2) is 0 Å². The third-order valence-electron chi connectivity index (χ3n) is 17.7. The maximum absolute atomic E-state index is 12.7. The van der Waals surface area contributed by atoms with E-state index in [1.54, 1.807) is 0 Å². The van der Waals surface area contributed by atoms with Gasteiger partial charge in [0.1, 0.15) is 12.2 Å². The van der Waals surface area contributed by atoms with E-state index in [2.05, 4.69) is 31.3 Å². The molecule has 0 aliphatic carbocycles. The Balaban J connectivity index is 3.50. The fourth-order valence-corrected chi connectivity index (χ4v) is 12.1. The molecule has 472 valence electrons. The monoisotopic (exact) mass is 1120 g/mol. The fourth-order valence-electron chi connectivity index (χ4n) is 12.1. The predicted molar refractivity (Wildman–Crippen MR) is 348 cm³/mol. The Kier molecular flexibility index (Phi) is 67.0. The van der Waals surface area contributed by atoms with Gasteiger partial charge in [0.05, 0.1) is 18.8 Å². The molecule has 79 heavy (non-hydrogen) atoms. The van der Waals surface area contributed by atoms with Gasteiger partial charge in [0.2, 0.25) is 5.91 Å². The smallest absolute Gasteiger partial charge is 0.249 e. The zero-order valence-corrected chi connectivity index (χ0v) is 53.9. The van der Waals surface area contributed by atoms with Crippen molar-refractivity contribution >= 4 is 5.91 Å². The van der Waals surface area contributed by atoms with Gasteiger partial charge in [0, 0.05) is 0 Å². The van der Waals surface area contributed by atoms with Crippen molar-refractivity contribution in [3.63, 3.8) is 0 Å². The van der Waals surface area contributed by atoms with E-state index in [1.807, 2.05) is 0 Å². The van der Waals surface area contributed by atoms with E-state index in [4.69, 9.17) is 0 Å². The number of aliphatic hydroxyl groups excluding tert-OH is 4. The Morgan fingerprint density at radius 2 is 0.506 bits per heavy atom. The number of rotatable bonds is 69. The maximum atomic E-state index is 12.7. The lowest BCUT2D eigenvalue weighted by Crippen LogP contribution is -2.53. The molecular weight excluding hydrogens is 971 g/mol. The molecule has 0 aromatic heterocycles. The summed E-state index contributed by atoms with van der Waals surface area (Å²) in [5.74, 6) is -0.574. The average molecular weight is 1120 g/mol. The first-order chi connectivity index (χ1) is 39.0. The molecule has 0 spiro atoms. The van der Waals surface area contributed by atoms with Gasteiger partial charge >= 0.3 is 0 Å². The summed E-state index contributed by atoms with van der Waals surface area (Å²) in [6.45, 7) is 4.12. The zero-order chi connectivity index (χ0) is 57.3. The van der Waals surface area contributed by atoms with Crippen molar-refractivity contribution < 1.29 is 25.2 Å². The van der Waals surface area contributed by atoms with Crippen LogP contribution in [-0.2, 0) is 4.79 Å². The standard InChI is InChI=1S/C73H145NO5/c1-3-5-7-9-11-13-15-17-19-21-23-25-27-29-31-32-33-34-35-36-37-38-39-41-43-45-47-49-51-53-55-57-59-61-63-65-67-71(77)73(79)74-69(68-75)72(78)70(76)66-64-62-60-58-56-54-52-50-48-46-44-42-40-30-28-26-24-22-20-18-16-14-12-10-8-6-4-2/h34-35,69-72,75-78H,3-33,36-68H2,1-2H3,(H,74,79)/b35-34-. The third kappa shape index (κ3) is 61.4. The summed E-state index contributed by atoms with van der Waals surface area (Å²) in [4.78, 5) is 12.7. The van der Waals surface area contributed by atoms with E-state index >= 15 is 0 Å². The molecule has 0 aromatic rings. The van der Waals surface area contributed by atoms with Crippen LogP contribution < -0.4 is 5.32 Å². The number of aliphatic hydroxyl groups is 4. The first kappa shape index (κ1) is 78.0. The van der Waals surface area contributed by atoms with Gasteiger partial charge in [-0.2, -0.15) is 0 Å². The van der Waals surface area contributed by atoms with Gasteiger partial charge in [-0.25, -0.2) is 0 Å². The second-order valence-corrected chi connectivity index (χ2v) is 25.7. The van der Waals surface area contributed by atoms with Crippen molar-refractivity contribution in [2.45, 2.75) is 443 Å². The van der Waals surface area contributed by atoms with Crippen LogP contribution in [0.15, 0.2) is 12.2 Å². The third-order valence-corrected chi connectivity index (χ3v) is 17.7. The number of carbonyl (C=O) groups excluding carboxylic acids is 1. The lowest BCUT2D eigenvalue weighted by molar-refractivity contribution is -0.132. The number of hydrogen-bond donors (Lipinski definition) is 5. The Hall–Kier alpha value is -0.950. The first-order valence-electron chi connectivity index (χ1n) is 36.6. The number of carbonyl (C=O) groups is 1. The average Bonchev–Trinajstić information content (AvgIpc) is 3.45. The molecular formula is C73H145NO5. The number of nitrogens with one attached hydrogen (secondary N) is 1. The summed E-state index contributed by atoms with van der Waals surface area (Å²) in [7, 11) is 0. The highest BCUT2D eigenvalue weighted by Gasteiger charge is 2.28. The number of unbranched alkanes of at least 4 members (excludes halogenated alkanes) is 58. The number of hydrogen-bond acceptors (Lipinski definition) is 5. The van der Waals surface area contributed by atoms with Crippen LogP contribution in [0, 0.1) is 0 Å². The van der Waals surface area contributed by atoms with Crippen molar-refractivity contribution in [2.75, 3.05) is 6.61 Å². The molecule has 6 heteroatoms. The lowest BCUT2D eigenvalue weighted by Gasteiger charge is -2.27. The quantitative estimate of drug-likeness (QED) is 0.0308. The molecule has 1 amide bonds. The van der Waals surface area contributed by atoms with Crippen molar-refractivity contribution in [3.05, 3.63) is 12.2 Å². The summed E-state index contributed by atoms with van der Waals surface area (Å²) in [5.41, 5.74) is 0. The Morgan fingerprint density at radius 3 is 0.734 bits per heavy atom. The minimum absolute atomic E-state index is 0.374. The van der Waals surface area contributed by atoms with Crippen LogP contribution >= 0.6 is 0 Å². The topological polar surface area (TPSA) is 110 Å². The molecule has 0 heterocycles. The van der Waals surface area contributed by atoms with Gasteiger partial charge in [-0.15, -0.1) is 0 Å². The second-order valence-electron chi connectivity index (χ2n) is 25.7. The Bertz CT molecular complexity index is 1160. The molecule has 0 aromatic carbocycles. The van der Waals surface area contributed by atoms with E-state index < -0.39 is 36.9 Å². The molecule has 0 aliphatic heterocycles. The van der Waals surface area contributed by atoms with Crippen molar-refractivity contribution in [3.8, 4) is 0 Å². The van der Waals surface area contributed by atoms with Gasteiger partial charge in [-0.3, -0.25) is 4.79 Å². The SMILES string of the molecule is CCCCCCCCCCCCCCCCCC/C=C\CCCCCCCCCCCCCCCCCCC(O)C(=O)NC(CO)C(O)C(O)CCCCCCCCCCCCCCCCCCCCCCCCCCCCC. The van der Waals surface area contributed by atoms with Crippen LogP contribution in [0.25, 0.3) is 0 Å². The van der Waals surface area contributed by atoms with Crippen LogP contribution in [0.5, 0.6) is 0 Å². The minimum atomic E-state index is -1.26. The highest BCUT2D eigenvalue weighted by molar-refractivity contribution is 5.80.